The van der Waals surface area contributed by atoms with Gasteiger partial charge in [0.2, 0.25) is 0 Å². The van der Waals surface area contributed by atoms with Crippen LogP contribution in [0.4, 0.5) is 11.5 Å². The first-order valence-electron chi connectivity index (χ1n) is 7.37. The Morgan fingerprint density at radius 1 is 1.13 bits per heavy atom. The molecule has 116 valence electrons. The monoisotopic (exact) mass is 306 g/mol. The lowest BCUT2D eigenvalue weighted by atomic mass is 10.1. The Balaban J connectivity index is 1.66. The van der Waals surface area contributed by atoms with Crippen molar-refractivity contribution < 1.29 is 4.74 Å². The van der Waals surface area contributed by atoms with E-state index < -0.39 is 0 Å². The number of ether oxygens (including phenoxy) is 1. The van der Waals surface area contributed by atoms with E-state index >= 15 is 0 Å². The van der Waals surface area contributed by atoms with E-state index in [4.69, 9.17) is 10.5 Å². The second kappa shape index (κ2) is 6.79. The molecular weight excluding hydrogens is 288 g/mol. The van der Waals surface area contributed by atoms with Crippen molar-refractivity contribution in [2.24, 2.45) is 0 Å². The van der Waals surface area contributed by atoms with E-state index in [0.717, 1.165) is 35.4 Å². The van der Waals surface area contributed by atoms with Crippen molar-refractivity contribution in [1.29, 1.82) is 0 Å². The van der Waals surface area contributed by atoms with Gasteiger partial charge in [0.05, 0.1) is 11.8 Å². The number of hydrogen-bond donors (Lipinski definition) is 2. The molecule has 0 radical (unpaired) electrons. The molecule has 3 aromatic rings. The first-order valence-corrected chi connectivity index (χ1v) is 7.37. The van der Waals surface area contributed by atoms with Crippen molar-refractivity contribution in [3.8, 4) is 5.75 Å². The lowest BCUT2D eigenvalue weighted by Gasteiger charge is -2.09. The zero-order valence-electron chi connectivity index (χ0n) is 12.7. The fourth-order valence-electron chi connectivity index (χ4n) is 2.37. The predicted octanol–water partition coefficient (Wildman–Crippen LogP) is 3.39. The molecule has 0 fully saturated rings. The Hall–Kier alpha value is -3.08. The van der Waals surface area contributed by atoms with Crippen LogP contribution >= 0.6 is 0 Å². The topological polar surface area (TPSA) is 73.1 Å². The molecule has 0 aliphatic rings. The fourth-order valence-corrected chi connectivity index (χ4v) is 2.37. The SMILES string of the molecule is C=COc1ccc(CCNc2ncnc3ccc(N)cc23)cc1. The average molecular weight is 306 g/mol. The Morgan fingerprint density at radius 2 is 1.96 bits per heavy atom. The third-order valence-electron chi connectivity index (χ3n) is 3.51. The third kappa shape index (κ3) is 3.58. The van der Waals surface area contributed by atoms with Crippen LogP contribution in [0.3, 0.4) is 0 Å². The van der Waals surface area contributed by atoms with E-state index in [1.54, 1.807) is 6.33 Å². The summed E-state index contributed by atoms with van der Waals surface area (Å²) in [5, 5.41) is 4.28. The van der Waals surface area contributed by atoms with Crippen molar-refractivity contribution in [3.63, 3.8) is 0 Å². The second-order valence-electron chi connectivity index (χ2n) is 5.10. The number of anilines is 2. The minimum absolute atomic E-state index is 0.702. The molecule has 0 aliphatic carbocycles. The van der Waals surface area contributed by atoms with Crippen LogP contribution in [0.5, 0.6) is 5.75 Å². The van der Waals surface area contributed by atoms with Crippen LogP contribution in [-0.2, 0) is 6.42 Å². The molecule has 3 N–H and O–H groups in total. The van der Waals surface area contributed by atoms with Gasteiger partial charge in [0, 0.05) is 17.6 Å². The van der Waals surface area contributed by atoms with E-state index in [2.05, 4.69) is 21.9 Å². The third-order valence-corrected chi connectivity index (χ3v) is 3.51. The van der Waals surface area contributed by atoms with Gasteiger partial charge in [-0.15, -0.1) is 0 Å². The van der Waals surface area contributed by atoms with E-state index in [9.17, 15) is 0 Å². The number of nitrogens with one attached hydrogen (secondary N) is 1. The summed E-state index contributed by atoms with van der Waals surface area (Å²) in [6.07, 6.45) is 3.85. The van der Waals surface area contributed by atoms with E-state index in [1.807, 2.05) is 42.5 Å². The van der Waals surface area contributed by atoms with E-state index in [0.29, 0.717) is 5.69 Å². The highest BCUT2D eigenvalue weighted by molar-refractivity contribution is 5.91. The summed E-state index contributed by atoms with van der Waals surface area (Å²) in [6.45, 7) is 4.31. The number of aromatic nitrogens is 2. The normalized spacial score (nSPS) is 10.4. The molecular formula is C18H18N4O. The van der Waals surface area contributed by atoms with Gasteiger partial charge in [0.25, 0.3) is 0 Å². The molecule has 1 aromatic heterocycles. The summed E-state index contributed by atoms with van der Waals surface area (Å²) in [6, 6.07) is 13.6. The molecule has 0 saturated carbocycles. The Bertz CT molecular complexity index is 815. The van der Waals surface area contributed by atoms with Gasteiger partial charge in [-0.3, -0.25) is 0 Å². The molecule has 0 aliphatic heterocycles. The van der Waals surface area contributed by atoms with Gasteiger partial charge in [0.1, 0.15) is 17.9 Å². The van der Waals surface area contributed by atoms with E-state index in [-0.39, 0.29) is 0 Å². The maximum Gasteiger partial charge on any atom is 0.137 e. The summed E-state index contributed by atoms with van der Waals surface area (Å²) < 4.78 is 5.21. The maximum absolute atomic E-state index is 5.85. The van der Waals surface area contributed by atoms with E-state index in [1.165, 1.54) is 11.8 Å². The number of benzene rings is 2. The van der Waals surface area contributed by atoms with Crippen molar-refractivity contribution in [2.75, 3.05) is 17.6 Å². The zero-order chi connectivity index (χ0) is 16.1. The molecule has 5 nitrogen and oxygen atoms in total. The largest absolute Gasteiger partial charge is 0.466 e. The van der Waals surface area contributed by atoms with Gasteiger partial charge in [-0.2, -0.15) is 0 Å². The summed E-state index contributed by atoms with van der Waals surface area (Å²) in [7, 11) is 0. The molecule has 2 aromatic carbocycles. The second-order valence-corrected chi connectivity index (χ2v) is 5.10. The van der Waals surface area contributed by atoms with Crippen LogP contribution in [0, 0.1) is 0 Å². The summed E-state index contributed by atoms with van der Waals surface area (Å²) >= 11 is 0. The average Bonchev–Trinajstić information content (AvgIpc) is 2.57. The molecule has 3 rings (SSSR count). The van der Waals surface area contributed by atoms with Gasteiger partial charge in [-0.05, 0) is 42.3 Å². The molecule has 1 heterocycles. The molecule has 0 amide bonds. The van der Waals surface area contributed by atoms with Gasteiger partial charge < -0.3 is 15.8 Å². The van der Waals surface area contributed by atoms with Crippen molar-refractivity contribution in [1.82, 2.24) is 9.97 Å². The lowest BCUT2D eigenvalue weighted by molar-refractivity contribution is 0.483. The first-order chi connectivity index (χ1) is 11.3. The Kier molecular flexibility index (Phi) is 4.38. The number of rotatable bonds is 6. The highest BCUT2D eigenvalue weighted by Gasteiger charge is 2.04. The van der Waals surface area contributed by atoms with Crippen LogP contribution in [0.2, 0.25) is 0 Å². The van der Waals surface area contributed by atoms with Crippen LogP contribution in [0.1, 0.15) is 5.56 Å². The smallest absolute Gasteiger partial charge is 0.137 e. The highest BCUT2D eigenvalue weighted by atomic mass is 16.5. The molecule has 0 atom stereocenters. The number of nitrogens with two attached hydrogens (primary N) is 1. The van der Waals surface area contributed by atoms with Crippen LogP contribution < -0.4 is 15.8 Å². The molecule has 5 heteroatoms. The zero-order valence-corrected chi connectivity index (χ0v) is 12.7. The van der Waals surface area contributed by atoms with Crippen molar-refractivity contribution in [2.45, 2.75) is 6.42 Å². The number of nitrogen functional groups attached to an aromatic ring is 1. The standard InChI is InChI=1S/C18H18N4O/c1-2-23-15-6-3-13(4-7-15)9-10-20-18-16-11-14(19)5-8-17(16)21-12-22-18/h2-8,11-12H,1,9-10,19H2,(H,20,21,22). The van der Waals surface area contributed by atoms with Gasteiger partial charge in [-0.25, -0.2) is 9.97 Å². The summed E-state index contributed by atoms with van der Waals surface area (Å²) in [4.78, 5) is 8.56. The van der Waals surface area contributed by atoms with Gasteiger partial charge >= 0.3 is 0 Å². The lowest BCUT2D eigenvalue weighted by Crippen LogP contribution is -2.07. The molecule has 0 saturated heterocycles. The number of nitrogens with zero attached hydrogens (tertiary/aromatic N) is 2. The highest BCUT2D eigenvalue weighted by Crippen LogP contribution is 2.21. The minimum Gasteiger partial charge on any atom is -0.466 e. The Morgan fingerprint density at radius 3 is 2.74 bits per heavy atom. The van der Waals surface area contributed by atoms with Gasteiger partial charge in [0.15, 0.2) is 0 Å². The molecule has 0 unspecified atom stereocenters. The minimum atomic E-state index is 0.702. The predicted molar refractivity (Wildman–Crippen MR) is 93.4 cm³/mol. The van der Waals surface area contributed by atoms with Crippen LogP contribution in [0.25, 0.3) is 10.9 Å². The van der Waals surface area contributed by atoms with Crippen molar-refractivity contribution in [3.05, 3.63) is 67.2 Å². The van der Waals surface area contributed by atoms with Gasteiger partial charge in [-0.1, -0.05) is 18.7 Å². The van der Waals surface area contributed by atoms with Crippen LogP contribution in [-0.4, -0.2) is 16.5 Å². The molecule has 23 heavy (non-hydrogen) atoms. The quantitative estimate of drug-likeness (QED) is 0.539. The maximum atomic E-state index is 5.85. The number of hydrogen-bond acceptors (Lipinski definition) is 5. The number of fused-ring (bicyclic) bond motifs is 1. The summed E-state index contributed by atoms with van der Waals surface area (Å²) in [5.41, 5.74) is 8.64. The fraction of sp³-hybridized carbons (Fsp3) is 0.111. The first kappa shape index (κ1) is 14.8. The Labute approximate surface area is 134 Å². The van der Waals surface area contributed by atoms with Crippen molar-refractivity contribution >= 4 is 22.4 Å². The van der Waals surface area contributed by atoms with Crippen LogP contribution in [0.15, 0.2) is 61.6 Å². The molecule has 0 spiro atoms. The molecule has 0 bridgehead atoms. The summed E-state index contributed by atoms with van der Waals surface area (Å²) in [5.74, 6) is 1.59.